The van der Waals surface area contributed by atoms with Crippen molar-refractivity contribution in [3.63, 3.8) is 0 Å². The minimum absolute atomic E-state index is 0. The molecule has 0 aliphatic heterocycles. The summed E-state index contributed by atoms with van der Waals surface area (Å²) in [5, 5.41) is 7.32. The van der Waals surface area contributed by atoms with Gasteiger partial charge in [-0.3, -0.25) is 0 Å². The maximum atomic E-state index is 10.8. The first-order valence-corrected chi connectivity index (χ1v) is 5.77. The molecule has 0 saturated carbocycles. The molecule has 0 aliphatic carbocycles. The predicted octanol–water partition coefficient (Wildman–Crippen LogP) is -1.06. The van der Waals surface area contributed by atoms with Crippen molar-refractivity contribution in [3.8, 4) is 0 Å². The van der Waals surface area contributed by atoms with Crippen molar-refractivity contribution in [1.29, 1.82) is 0 Å². The Morgan fingerprint density at radius 2 is 0.706 bits per heavy atom. The van der Waals surface area contributed by atoms with Gasteiger partial charge in [0.2, 0.25) is 0 Å². The van der Waals surface area contributed by atoms with E-state index < -0.39 is 31.1 Å². The summed E-state index contributed by atoms with van der Waals surface area (Å²) in [5.74, 6) is 0. The van der Waals surface area contributed by atoms with Crippen molar-refractivity contribution in [2.75, 3.05) is 0 Å². The van der Waals surface area contributed by atoms with Crippen molar-refractivity contribution in [2.45, 2.75) is 11.0 Å². The summed E-state index contributed by atoms with van der Waals surface area (Å²) in [6.45, 7) is 0. The van der Waals surface area contributed by atoms with Gasteiger partial charge >= 0.3 is 60.6 Å². The van der Waals surface area contributed by atoms with Crippen LogP contribution < -0.4 is 10.3 Å². The molecule has 0 aromatic carbocycles. The Morgan fingerprint density at radius 1 is 0.647 bits per heavy atom. The van der Waals surface area contributed by atoms with Crippen LogP contribution >= 0.6 is 0 Å². The standard InChI is InChI=1S/2CH2F3NO2S.Na.H/c2*2-1(3,4)8(5,6)7;;/h2*(H2,5,6,7);;. The Hall–Kier alpha value is 0.400. The van der Waals surface area contributed by atoms with Crippen LogP contribution in [0.15, 0.2) is 0 Å². The molecule has 0 heterocycles. The van der Waals surface area contributed by atoms with Crippen molar-refractivity contribution < 1.29 is 43.2 Å². The summed E-state index contributed by atoms with van der Waals surface area (Å²) in [6, 6.07) is 0. The van der Waals surface area contributed by atoms with Gasteiger partial charge in [0.25, 0.3) is 0 Å². The number of hydrogen-bond acceptors (Lipinski definition) is 4. The third kappa shape index (κ3) is 10.0. The van der Waals surface area contributed by atoms with Crippen LogP contribution in [0.1, 0.15) is 0 Å². The molecule has 0 bridgehead atoms. The van der Waals surface area contributed by atoms with Gasteiger partial charge in [-0.2, -0.15) is 26.3 Å². The van der Waals surface area contributed by atoms with E-state index in [9.17, 15) is 43.2 Å². The van der Waals surface area contributed by atoms with Gasteiger partial charge in [0, 0.05) is 0 Å². The molecule has 17 heavy (non-hydrogen) atoms. The number of alkyl halides is 6. The van der Waals surface area contributed by atoms with Crippen LogP contribution in [0.5, 0.6) is 0 Å². The molecule has 0 rings (SSSR count). The van der Waals surface area contributed by atoms with Crippen molar-refractivity contribution in [1.82, 2.24) is 0 Å². The summed E-state index contributed by atoms with van der Waals surface area (Å²) >= 11 is 0. The summed E-state index contributed by atoms with van der Waals surface area (Å²) in [4.78, 5) is 0. The van der Waals surface area contributed by atoms with Gasteiger partial charge in [0.1, 0.15) is 0 Å². The maximum absolute atomic E-state index is 10.8. The van der Waals surface area contributed by atoms with E-state index in [0.29, 0.717) is 0 Å². The Kier molecular flexibility index (Phi) is 8.67. The van der Waals surface area contributed by atoms with Gasteiger partial charge < -0.3 is 0 Å². The van der Waals surface area contributed by atoms with E-state index >= 15 is 0 Å². The number of hydrogen-bond donors (Lipinski definition) is 2. The molecule has 0 atom stereocenters. The zero-order valence-electron chi connectivity index (χ0n) is 6.87. The fraction of sp³-hybridized carbons (Fsp3) is 1.00. The molecular formula is C2H5F6N2NaO4S2. The third-order valence-corrected chi connectivity index (χ3v) is 1.94. The molecule has 0 spiro atoms. The topological polar surface area (TPSA) is 120 Å². The number of rotatable bonds is 0. The fourth-order valence-corrected chi connectivity index (χ4v) is 0. The molecule has 4 N–H and O–H groups in total. The van der Waals surface area contributed by atoms with Crippen molar-refractivity contribution in [3.05, 3.63) is 0 Å². The average Bonchev–Trinajstić information content (AvgIpc) is 1.77. The van der Waals surface area contributed by atoms with Crippen LogP contribution in [0, 0.1) is 0 Å². The molecular weight excluding hydrogens is 317 g/mol. The summed E-state index contributed by atoms with van der Waals surface area (Å²) in [6.07, 6.45) is 0. The minimum atomic E-state index is -5.34. The van der Waals surface area contributed by atoms with E-state index in [-0.39, 0.29) is 29.6 Å². The fourth-order valence-electron chi connectivity index (χ4n) is 0. The first-order valence-electron chi connectivity index (χ1n) is 2.68. The molecule has 0 aliphatic rings. The van der Waals surface area contributed by atoms with E-state index in [1.807, 2.05) is 0 Å². The number of nitrogens with two attached hydrogens (primary N) is 2. The van der Waals surface area contributed by atoms with E-state index in [4.69, 9.17) is 0 Å². The number of primary sulfonamides is 2. The van der Waals surface area contributed by atoms with Gasteiger partial charge in [-0.1, -0.05) is 0 Å². The molecule has 0 saturated heterocycles. The first kappa shape index (κ1) is 22.6. The normalized spacial score (nSPS) is 13.2. The molecule has 0 unspecified atom stereocenters. The van der Waals surface area contributed by atoms with Gasteiger partial charge in [-0.15, -0.1) is 0 Å². The van der Waals surface area contributed by atoms with Crippen LogP contribution in [-0.2, 0) is 20.0 Å². The van der Waals surface area contributed by atoms with E-state index in [1.165, 1.54) is 0 Å². The summed E-state index contributed by atoms with van der Waals surface area (Å²) in [5.41, 5.74) is -10.6. The Morgan fingerprint density at radius 3 is 0.706 bits per heavy atom. The van der Waals surface area contributed by atoms with Crippen molar-refractivity contribution >= 4 is 49.6 Å². The SMILES string of the molecule is NS(=O)(=O)C(F)(F)F.NS(=O)(=O)C(F)(F)F.[NaH]. The molecule has 0 amide bonds. The van der Waals surface area contributed by atoms with E-state index in [0.717, 1.165) is 0 Å². The van der Waals surface area contributed by atoms with E-state index in [2.05, 4.69) is 10.3 Å². The summed E-state index contributed by atoms with van der Waals surface area (Å²) < 4.78 is 102. The monoisotopic (exact) mass is 322 g/mol. The van der Waals surface area contributed by atoms with Gasteiger partial charge in [-0.05, 0) is 0 Å². The second-order valence-electron chi connectivity index (χ2n) is 1.98. The molecule has 6 nitrogen and oxygen atoms in total. The van der Waals surface area contributed by atoms with Crippen LogP contribution in [0.2, 0.25) is 0 Å². The zero-order valence-corrected chi connectivity index (χ0v) is 8.50. The van der Waals surface area contributed by atoms with Gasteiger partial charge in [0.05, 0.1) is 0 Å². The van der Waals surface area contributed by atoms with E-state index in [1.54, 1.807) is 0 Å². The first-order chi connectivity index (χ1) is 6.50. The van der Waals surface area contributed by atoms with Gasteiger partial charge in [0.15, 0.2) is 0 Å². The molecule has 15 heteroatoms. The van der Waals surface area contributed by atoms with Crippen molar-refractivity contribution in [2.24, 2.45) is 10.3 Å². The second kappa shape index (κ2) is 6.53. The van der Waals surface area contributed by atoms with Crippen LogP contribution in [0.3, 0.4) is 0 Å². The average molecular weight is 322 g/mol. The quantitative estimate of drug-likeness (QED) is 0.436. The molecule has 0 aromatic rings. The van der Waals surface area contributed by atoms with Crippen LogP contribution in [0.4, 0.5) is 26.3 Å². The zero-order chi connectivity index (χ0) is 14.0. The predicted molar refractivity (Wildman–Crippen MR) is 45.5 cm³/mol. The molecule has 0 aromatic heterocycles. The van der Waals surface area contributed by atoms with Crippen LogP contribution in [0.25, 0.3) is 0 Å². The molecule has 0 fully saturated rings. The number of sulfonamides is 2. The Labute approximate surface area is 114 Å². The Balaban J connectivity index is -0.000000218. The second-order valence-corrected chi connectivity index (χ2v) is 5.09. The summed E-state index contributed by atoms with van der Waals surface area (Å²) in [7, 11) is -10.7. The third-order valence-electron chi connectivity index (χ3n) is 0.645. The number of halogens is 6. The molecule has 0 radical (unpaired) electrons. The molecule has 102 valence electrons. The van der Waals surface area contributed by atoms with Gasteiger partial charge in [-0.25, -0.2) is 27.1 Å². The Bertz CT molecular complexity index is 380. The van der Waals surface area contributed by atoms with Crippen LogP contribution in [-0.4, -0.2) is 57.4 Å².